The van der Waals surface area contributed by atoms with Crippen LogP contribution in [0.4, 0.5) is 20.4 Å². The van der Waals surface area contributed by atoms with E-state index < -0.39 is 11.6 Å². The number of imide groups is 1. The van der Waals surface area contributed by atoms with E-state index in [1.54, 1.807) is 10.7 Å². The van der Waals surface area contributed by atoms with Gasteiger partial charge in [-0.2, -0.15) is 5.10 Å². The van der Waals surface area contributed by atoms with Crippen LogP contribution in [0, 0.1) is 11.6 Å². The molecule has 8 rings (SSSR count). The lowest BCUT2D eigenvalue weighted by molar-refractivity contribution is -0.134. The summed E-state index contributed by atoms with van der Waals surface area (Å²) in [7, 11) is 0. The van der Waals surface area contributed by atoms with Crippen LogP contribution < -0.4 is 15.1 Å². The zero-order chi connectivity index (χ0) is 33.5. The van der Waals surface area contributed by atoms with Crippen LogP contribution in [0.3, 0.4) is 0 Å². The van der Waals surface area contributed by atoms with Crippen LogP contribution in [-0.4, -0.2) is 69.0 Å². The Labute approximate surface area is 282 Å². The second kappa shape index (κ2) is 13.0. The molecule has 3 aliphatic heterocycles. The normalized spacial score (nSPS) is 20.3. The first-order valence-corrected chi connectivity index (χ1v) is 16.8. The van der Waals surface area contributed by atoms with Crippen molar-refractivity contribution in [3.63, 3.8) is 0 Å². The van der Waals surface area contributed by atoms with Crippen molar-refractivity contribution in [1.29, 1.82) is 0 Å². The Kier molecular flexibility index (Phi) is 8.24. The molecular weight excluding hydrogens is 626 g/mol. The van der Waals surface area contributed by atoms with Gasteiger partial charge < -0.3 is 9.80 Å². The molecule has 3 fully saturated rings. The summed E-state index contributed by atoms with van der Waals surface area (Å²) in [4.78, 5) is 40.8. The molecule has 3 saturated heterocycles. The van der Waals surface area contributed by atoms with E-state index in [0.717, 1.165) is 92.2 Å². The first-order valence-electron chi connectivity index (χ1n) is 16.8. The topological polar surface area (TPSA) is 99.0 Å². The number of piperazine rings is 1. The molecule has 2 aromatic carbocycles. The molecule has 12 heteroatoms. The van der Waals surface area contributed by atoms with Crippen LogP contribution in [0.25, 0.3) is 16.9 Å². The molecule has 0 saturated carbocycles. The highest BCUT2D eigenvalue weighted by molar-refractivity contribution is 6.00. The molecule has 3 aromatic heterocycles. The molecule has 6 heterocycles. The average molecular weight is 663 g/mol. The fraction of sp³-hybridized carbons (Fsp3) is 0.324. The van der Waals surface area contributed by atoms with Crippen molar-refractivity contribution in [3.05, 3.63) is 107 Å². The fourth-order valence-corrected chi connectivity index (χ4v) is 7.40. The Bertz CT molecular complexity index is 2040. The van der Waals surface area contributed by atoms with E-state index in [-0.39, 0.29) is 23.8 Å². The lowest BCUT2D eigenvalue weighted by Crippen LogP contribution is -2.46. The van der Waals surface area contributed by atoms with Crippen molar-refractivity contribution in [2.24, 2.45) is 0 Å². The molecule has 0 aliphatic carbocycles. The third kappa shape index (κ3) is 6.24. The van der Waals surface area contributed by atoms with E-state index in [9.17, 15) is 18.4 Å². The van der Waals surface area contributed by atoms with Crippen molar-refractivity contribution in [1.82, 2.24) is 29.8 Å². The standard InChI is InChI=1S/C37H36F2N8O2/c38-26-9-10-28(30(39)21-26)32-7-3-14-46(32)34-13-15-47-36(42-34)29(22-40-47)31-6-2-8-33(41-31)45-18-16-44(17-19-45)23-24-4-1-5-25(20-24)27-11-12-35(48)43-37(27)49/h1-2,4-6,8-10,13,15,20-22,27,32H,3,7,11-12,14,16-19,23H2,(H,43,48,49)/t27?,32-/m1/s1. The second-order valence-corrected chi connectivity index (χ2v) is 13.0. The first-order chi connectivity index (χ1) is 23.9. The largest absolute Gasteiger partial charge is 0.354 e. The fourth-order valence-electron chi connectivity index (χ4n) is 7.40. The number of rotatable bonds is 7. The number of piperidine rings is 1. The molecule has 10 nitrogen and oxygen atoms in total. The van der Waals surface area contributed by atoms with Crippen molar-refractivity contribution >= 4 is 29.1 Å². The molecule has 49 heavy (non-hydrogen) atoms. The summed E-state index contributed by atoms with van der Waals surface area (Å²) in [5, 5.41) is 7.00. The number of pyridine rings is 1. The lowest BCUT2D eigenvalue weighted by Gasteiger charge is -2.35. The molecule has 2 amide bonds. The maximum atomic E-state index is 14.8. The molecule has 3 aliphatic rings. The summed E-state index contributed by atoms with van der Waals surface area (Å²) in [6.07, 6.45) is 6.19. The second-order valence-electron chi connectivity index (χ2n) is 13.0. The summed E-state index contributed by atoms with van der Waals surface area (Å²) >= 11 is 0. The van der Waals surface area contributed by atoms with Gasteiger partial charge in [0.1, 0.15) is 23.3 Å². The predicted octanol–water partition coefficient (Wildman–Crippen LogP) is 5.25. The van der Waals surface area contributed by atoms with Crippen molar-refractivity contribution in [2.45, 2.75) is 44.2 Å². The van der Waals surface area contributed by atoms with Gasteiger partial charge in [-0.1, -0.05) is 36.4 Å². The minimum atomic E-state index is -0.583. The number of hydrogen-bond donors (Lipinski definition) is 1. The van der Waals surface area contributed by atoms with Crippen LogP contribution in [0.1, 0.15) is 54.3 Å². The van der Waals surface area contributed by atoms with E-state index in [0.29, 0.717) is 24.1 Å². The number of fused-ring (bicyclic) bond motifs is 1. The van der Waals surface area contributed by atoms with E-state index in [2.05, 4.69) is 37.2 Å². The number of carbonyl (C=O) groups is 2. The summed E-state index contributed by atoms with van der Waals surface area (Å²) < 4.78 is 30.1. The highest BCUT2D eigenvalue weighted by Gasteiger charge is 2.31. The molecule has 1 N–H and O–H groups in total. The molecule has 0 radical (unpaired) electrons. The molecule has 2 atom stereocenters. The minimum absolute atomic E-state index is 0.200. The van der Waals surface area contributed by atoms with E-state index >= 15 is 0 Å². The lowest BCUT2D eigenvalue weighted by atomic mass is 9.89. The van der Waals surface area contributed by atoms with Crippen molar-refractivity contribution in [2.75, 3.05) is 42.5 Å². The van der Waals surface area contributed by atoms with Gasteiger partial charge in [0.25, 0.3) is 0 Å². The van der Waals surface area contributed by atoms with E-state index in [1.807, 2.05) is 42.6 Å². The van der Waals surface area contributed by atoms with Gasteiger partial charge in [0.15, 0.2) is 5.65 Å². The monoisotopic (exact) mass is 662 g/mol. The molecule has 250 valence electrons. The number of halogens is 2. The molecular formula is C37H36F2N8O2. The number of aromatic nitrogens is 4. The summed E-state index contributed by atoms with van der Waals surface area (Å²) in [5.74, 6) is -0.214. The zero-order valence-corrected chi connectivity index (χ0v) is 26.9. The van der Waals surface area contributed by atoms with Gasteiger partial charge in [-0.25, -0.2) is 23.3 Å². The first kappa shape index (κ1) is 31.1. The van der Waals surface area contributed by atoms with Gasteiger partial charge >= 0.3 is 0 Å². The van der Waals surface area contributed by atoms with Crippen LogP contribution >= 0.6 is 0 Å². The zero-order valence-electron chi connectivity index (χ0n) is 26.9. The third-order valence-corrected chi connectivity index (χ3v) is 9.93. The van der Waals surface area contributed by atoms with Crippen LogP contribution in [0.15, 0.2) is 79.1 Å². The van der Waals surface area contributed by atoms with E-state index in [4.69, 9.17) is 9.97 Å². The Morgan fingerprint density at radius 2 is 1.71 bits per heavy atom. The maximum Gasteiger partial charge on any atom is 0.234 e. The summed E-state index contributed by atoms with van der Waals surface area (Å²) in [6.45, 7) is 4.86. The smallest absolute Gasteiger partial charge is 0.234 e. The summed E-state index contributed by atoms with van der Waals surface area (Å²) in [6, 6.07) is 19.6. The Balaban J connectivity index is 0.958. The van der Waals surface area contributed by atoms with Gasteiger partial charge in [0, 0.05) is 63.5 Å². The number of amides is 2. The SMILES string of the molecule is O=C1CCC(c2cccc(CN3CCN(c4cccc(-c5cnn6ccc(N7CCC[C@@H]7c7ccc(F)cc7F)nc56)n4)CC3)c2)C(=O)N1. The Morgan fingerprint density at radius 3 is 2.55 bits per heavy atom. The van der Waals surface area contributed by atoms with Gasteiger partial charge in [-0.05, 0) is 54.7 Å². The molecule has 1 unspecified atom stereocenters. The maximum absolute atomic E-state index is 14.8. The van der Waals surface area contributed by atoms with Crippen LogP contribution in [-0.2, 0) is 16.1 Å². The summed E-state index contributed by atoms with van der Waals surface area (Å²) in [5.41, 5.74) is 4.83. The number of nitrogens with one attached hydrogen (secondary N) is 1. The van der Waals surface area contributed by atoms with Crippen molar-refractivity contribution in [3.8, 4) is 11.3 Å². The van der Waals surface area contributed by atoms with Gasteiger partial charge in [-0.3, -0.25) is 19.8 Å². The van der Waals surface area contributed by atoms with Crippen molar-refractivity contribution < 1.29 is 18.4 Å². The average Bonchev–Trinajstić information content (AvgIpc) is 3.76. The number of carbonyl (C=O) groups excluding carboxylic acids is 2. The highest BCUT2D eigenvalue weighted by Crippen LogP contribution is 2.37. The van der Waals surface area contributed by atoms with Crippen LogP contribution in [0.2, 0.25) is 0 Å². The quantitative estimate of drug-likeness (QED) is 0.236. The van der Waals surface area contributed by atoms with Gasteiger partial charge in [-0.15, -0.1) is 0 Å². The molecule has 5 aromatic rings. The molecule has 0 bridgehead atoms. The number of hydrogen-bond acceptors (Lipinski definition) is 8. The van der Waals surface area contributed by atoms with Gasteiger partial charge in [0.2, 0.25) is 11.8 Å². The predicted molar refractivity (Wildman–Crippen MR) is 181 cm³/mol. The highest BCUT2D eigenvalue weighted by atomic mass is 19.1. The number of benzene rings is 2. The number of anilines is 2. The third-order valence-electron chi connectivity index (χ3n) is 9.93. The Morgan fingerprint density at radius 1 is 0.857 bits per heavy atom. The van der Waals surface area contributed by atoms with Crippen LogP contribution in [0.5, 0.6) is 0 Å². The molecule has 0 spiro atoms. The van der Waals surface area contributed by atoms with E-state index in [1.165, 1.54) is 12.1 Å². The van der Waals surface area contributed by atoms with Gasteiger partial charge in [0.05, 0.1) is 29.4 Å². The Hall–Kier alpha value is -5.23. The number of nitrogens with zero attached hydrogens (tertiary/aromatic N) is 7. The minimum Gasteiger partial charge on any atom is -0.354 e.